The Morgan fingerprint density at radius 1 is 0.878 bits per heavy atom. The molecule has 3 aromatic carbocycles. The van der Waals surface area contributed by atoms with Gasteiger partial charge in [0, 0.05) is 36.3 Å². The summed E-state index contributed by atoms with van der Waals surface area (Å²) in [6.07, 6.45) is 5.32. The Bertz CT molecular complexity index is 1450. The van der Waals surface area contributed by atoms with E-state index in [1.54, 1.807) is 6.07 Å². The minimum absolute atomic E-state index is 0.0560. The molecule has 4 aromatic rings. The van der Waals surface area contributed by atoms with Crippen LogP contribution in [0.2, 0.25) is 0 Å². The van der Waals surface area contributed by atoms with Gasteiger partial charge in [0.05, 0.1) is 22.4 Å². The van der Waals surface area contributed by atoms with Gasteiger partial charge >= 0.3 is 0 Å². The molecule has 8 heteroatoms. The van der Waals surface area contributed by atoms with Crippen LogP contribution in [0, 0.1) is 10.1 Å². The maximum atomic E-state index is 12.1. The van der Waals surface area contributed by atoms with Gasteiger partial charge in [-0.25, -0.2) is 4.98 Å². The quantitative estimate of drug-likeness (QED) is 0.0897. The third-order valence-electron chi connectivity index (χ3n) is 7.50. The highest BCUT2D eigenvalue weighted by Gasteiger charge is 2.26. The highest BCUT2D eigenvalue weighted by molar-refractivity contribution is 5.68. The molecule has 0 fully saturated rings. The zero-order chi connectivity index (χ0) is 28.6. The Labute approximate surface area is 241 Å². The zero-order valence-corrected chi connectivity index (χ0v) is 23.9. The molecule has 0 radical (unpaired) electrons. The van der Waals surface area contributed by atoms with Gasteiger partial charge in [-0.05, 0) is 25.5 Å². The van der Waals surface area contributed by atoms with Crippen LogP contribution in [0.25, 0.3) is 22.6 Å². The van der Waals surface area contributed by atoms with E-state index in [9.17, 15) is 10.1 Å². The largest absolute Gasteiger partial charge is 0.454 e. The fraction of sp³-hybridized carbons (Fsp3) is 0.364. The molecule has 0 saturated carbocycles. The number of benzene rings is 3. The summed E-state index contributed by atoms with van der Waals surface area (Å²) in [4.78, 5) is 19.3. The molecule has 1 aromatic heterocycles. The molecular weight excluding hydrogens is 516 g/mol. The van der Waals surface area contributed by atoms with E-state index in [1.807, 2.05) is 24.3 Å². The molecule has 8 nitrogen and oxygen atoms in total. The molecule has 0 spiro atoms. The van der Waals surface area contributed by atoms with Crippen LogP contribution in [-0.4, -0.2) is 32.7 Å². The molecule has 214 valence electrons. The molecule has 1 aliphatic heterocycles. The number of unbranched alkanes of at least 4 members (excludes halogenated alkanes) is 3. The molecule has 0 atom stereocenters. The lowest BCUT2D eigenvalue weighted by molar-refractivity contribution is -0.385. The average Bonchev–Trinajstić information content (AvgIpc) is 3.60. The number of nitro benzene ring substituents is 1. The van der Waals surface area contributed by atoms with Crippen LogP contribution in [-0.2, 0) is 19.6 Å². The first-order valence-corrected chi connectivity index (χ1v) is 14.6. The summed E-state index contributed by atoms with van der Waals surface area (Å²) in [5.41, 5.74) is 4.92. The SMILES string of the molecule is CCCCCn1c(-c2ccccc2)nc(-c2ccccc2)c1CN(CCCC)Cc1cc2c(cc1[N+](=O)[O-])OCO2. The summed E-state index contributed by atoms with van der Waals surface area (Å²) in [5, 5.41) is 12.1. The van der Waals surface area contributed by atoms with Gasteiger partial charge < -0.3 is 14.0 Å². The van der Waals surface area contributed by atoms with Crippen LogP contribution in [0.15, 0.2) is 72.8 Å². The number of imidazole rings is 1. The number of rotatable bonds is 14. The molecule has 0 unspecified atom stereocenters. The van der Waals surface area contributed by atoms with E-state index in [1.165, 1.54) is 6.07 Å². The first-order valence-electron chi connectivity index (χ1n) is 14.6. The van der Waals surface area contributed by atoms with Crippen LogP contribution in [0.5, 0.6) is 11.5 Å². The highest BCUT2D eigenvalue weighted by Crippen LogP contribution is 2.39. The summed E-state index contributed by atoms with van der Waals surface area (Å²) in [6.45, 7) is 7.15. The van der Waals surface area contributed by atoms with Gasteiger partial charge in [-0.3, -0.25) is 15.0 Å². The van der Waals surface area contributed by atoms with Crippen LogP contribution < -0.4 is 9.47 Å². The predicted molar refractivity (Wildman–Crippen MR) is 161 cm³/mol. The molecule has 5 rings (SSSR count). The highest BCUT2D eigenvalue weighted by atomic mass is 16.7. The average molecular weight is 555 g/mol. The maximum absolute atomic E-state index is 12.1. The van der Waals surface area contributed by atoms with E-state index >= 15 is 0 Å². The Morgan fingerprint density at radius 3 is 2.20 bits per heavy atom. The Hall–Kier alpha value is -4.17. The predicted octanol–water partition coefficient (Wildman–Crippen LogP) is 7.85. The Morgan fingerprint density at radius 2 is 1.54 bits per heavy atom. The summed E-state index contributed by atoms with van der Waals surface area (Å²) >= 11 is 0. The van der Waals surface area contributed by atoms with E-state index in [2.05, 4.69) is 59.7 Å². The number of fused-ring (bicyclic) bond motifs is 1. The van der Waals surface area contributed by atoms with Gasteiger partial charge in [-0.15, -0.1) is 0 Å². The molecule has 2 heterocycles. The van der Waals surface area contributed by atoms with Crippen LogP contribution in [0.4, 0.5) is 5.69 Å². The summed E-state index contributed by atoms with van der Waals surface area (Å²) in [7, 11) is 0. The first kappa shape index (κ1) is 28.4. The second-order valence-electron chi connectivity index (χ2n) is 10.5. The number of ether oxygens (including phenoxy) is 2. The normalized spacial score (nSPS) is 12.3. The van der Waals surface area contributed by atoms with Crippen molar-refractivity contribution in [2.75, 3.05) is 13.3 Å². The lowest BCUT2D eigenvalue weighted by Crippen LogP contribution is -2.26. The zero-order valence-electron chi connectivity index (χ0n) is 23.9. The number of hydrogen-bond donors (Lipinski definition) is 0. The van der Waals surface area contributed by atoms with Crippen molar-refractivity contribution in [1.29, 1.82) is 0 Å². The maximum Gasteiger partial charge on any atom is 0.277 e. The summed E-state index contributed by atoms with van der Waals surface area (Å²) in [6, 6.07) is 23.9. The van der Waals surface area contributed by atoms with Crippen molar-refractivity contribution in [3.05, 3.63) is 94.2 Å². The van der Waals surface area contributed by atoms with Crippen molar-refractivity contribution in [1.82, 2.24) is 14.5 Å². The number of nitrogens with zero attached hydrogens (tertiary/aromatic N) is 4. The lowest BCUT2D eigenvalue weighted by atomic mass is 10.1. The number of aromatic nitrogens is 2. The van der Waals surface area contributed by atoms with Crippen molar-refractivity contribution in [3.8, 4) is 34.1 Å². The van der Waals surface area contributed by atoms with Crippen molar-refractivity contribution in [3.63, 3.8) is 0 Å². The molecule has 1 aliphatic rings. The van der Waals surface area contributed by atoms with Gasteiger partial charge in [-0.1, -0.05) is 93.8 Å². The van der Waals surface area contributed by atoms with Crippen LogP contribution >= 0.6 is 0 Å². The van der Waals surface area contributed by atoms with E-state index in [0.717, 1.165) is 73.5 Å². The van der Waals surface area contributed by atoms with Gasteiger partial charge in [0.15, 0.2) is 11.5 Å². The molecule has 0 amide bonds. The fourth-order valence-corrected chi connectivity index (χ4v) is 5.36. The van der Waals surface area contributed by atoms with Gasteiger partial charge in [0.2, 0.25) is 6.79 Å². The van der Waals surface area contributed by atoms with Crippen molar-refractivity contribution >= 4 is 5.69 Å². The molecule has 0 N–H and O–H groups in total. The smallest absolute Gasteiger partial charge is 0.277 e. The molecule has 0 saturated heterocycles. The molecule has 0 aliphatic carbocycles. The molecule has 0 bridgehead atoms. The number of nitro groups is 1. The minimum atomic E-state index is -0.326. The first-order chi connectivity index (χ1) is 20.1. The monoisotopic (exact) mass is 554 g/mol. The van der Waals surface area contributed by atoms with E-state index in [4.69, 9.17) is 14.5 Å². The third-order valence-corrected chi connectivity index (χ3v) is 7.50. The van der Waals surface area contributed by atoms with E-state index < -0.39 is 0 Å². The number of hydrogen-bond acceptors (Lipinski definition) is 6. The Kier molecular flexibility index (Phi) is 9.31. The standard InChI is InChI=1S/C33H38N4O4/c1-3-5-13-19-36-29(32(25-14-9-7-10-15-25)34-33(36)26-16-11-8-12-17-26)23-35(18-6-4-2)22-27-20-30-31(41-24-40-30)21-28(27)37(38)39/h7-12,14-17,20-21H,3-6,13,18-19,22-24H2,1-2H3. The van der Waals surface area contributed by atoms with E-state index in [0.29, 0.717) is 30.2 Å². The van der Waals surface area contributed by atoms with Crippen LogP contribution in [0.3, 0.4) is 0 Å². The van der Waals surface area contributed by atoms with Crippen molar-refractivity contribution in [2.45, 2.75) is 65.6 Å². The van der Waals surface area contributed by atoms with Gasteiger partial charge in [0.25, 0.3) is 5.69 Å². The van der Waals surface area contributed by atoms with Gasteiger partial charge in [0.1, 0.15) is 5.82 Å². The van der Waals surface area contributed by atoms with E-state index in [-0.39, 0.29) is 17.4 Å². The molecule has 41 heavy (non-hydrogen) atoms. The second kappa shape index (κ2) is 13.5. The summed E-state index contributed by atoms with van der Waals surface area (Å²) < 4.78 is 13.4. The van der Waals surface area contributed by atoms with Crippen LogP contribution in [0.1, 0.15) is 57.2 Å². The second-order valence-corrected chi connectivity index (χ2v) is 10.5. The summed E-state index contributed by atoms with van der Waals surface area (Å²) in [5.74, 6) is 1.94. The van der Waals surface area contributed by atoms with Crippen molar-refractivity contribution in [2.24, 2.45) is 0 Å². The van der Waals surface area contributed by atoms with Crippen molar-refractivity contribution < 1.29 is 14.4 Å². The lowest BCUT2D eigenvalue weighted by Gasteiger charge is -2.24. The topological polar surface area (TPSA) is 82.7 Å². The minimum Gasteiger partial charge on any atom is -0.454 e. The Balaban J connectivity index is 1.59. The van der Waals surface area contributed by atoms with Gasteiger partial charge in [-0.2, -0.15) is 0 Å². The fourth-order valence-electron chi connectivity index (χ4n) is 5.36. The third kappa shape index (κ3) is 6.60. The molecular formula is C33H38N4O4.